The summed E-state index contributed by atoms with van der Waals surface area (Å²) < 4.78 is 17.7. The molecule has 146 valence electrons. The second-order valence-corrected chi connectivity index (χ2v) is 8.14. The van der Waals surface area contributed by atoms with Crippen LogP contribution in [0, 0.1) is 0 Å². The summed E-state index contributed by atoms with van der Waals surface area (Å²) in [6, 6.07) is 18.3. The zero-order chi connectivity index (χ0) is 19.4. The first kappa shape index (κ1) is 16.9. The third kappa shape index (κ3) is 3.02. The van der Waals surface area contributed by atoms with Crippen LogP contribution in [0.2, 0.25) is 0 Å². The van der Waals surface area contributed by atoms with E-state index < -0.39 is 5.63 Å². The normalized spacial score (nSPS) is 23.7. The van der Waals surface area contributed by atoms with Gasteiger partial charge in [-0.3, -0.25) is 0 Å². The molecule has 2 fully saturated rings. The summed E-state index contributed by atoms with van der Waals surface area (Å²) in [7, 11) is 0. The van der Waals surface area contributed by atoms with Crippen LogP contribution in [0.25, 0.3) is 33.3 Å². The van der Waals surface area contributed by atoms with Crippen molar-refractivity contribution in [2.45, 2.75) is 43.9 Å². The van der Waals surface area contributed by atoms with Gasteiger partial charge < -0.3 is 18.9 Å². The smallest absolute Gasteiger partial charge is 0.347 e. The molecule has 0 aliphatic carbocycles. The first-order valence-corrected chi connectivity index (χ1v) is 10.2. The van der Waals surface area contributed by atoms with Gasteiger partial charge in [-0.15, -0.1) is 0 Å². The zero-order valence-corrected chi connectivity index (χ0v) is 15.9. The van der Waals surface area contributed by atoms with Gasteiger partial charge in [0, 0.05) is 28.9 Å². The fourth-order valence-corrected chi connectivity index (χ4v) is 4.74. The fourth-order valence-electron chi connectivity index (χ4n) is 4.74. The third-order valence-corrected chi connectivity index (χ3v) is 6.13. The van der Waals surface area contributed by atoms with Crippen molar-refractivity contribution in [3.8, 4) is 17.1 Å². The minimum atomic E-state index is -0.409. The van der Waals surface area contributed by atoms with E-state index in [9.17, 15) is 4.79 Å². The molecule has 2 saturated heterocycles. The monoisotopic (exact) mass is 387 g/mol. The number of benzene rings is 2. The molecule has 0 spiro atoms. The van der Waals surface area contributed by atoms with E-state index in [2.05, 4.69) is 5.32 Å². The lowest BCUT2D eigenvalue weighted by Gasteiger charge is -2.29. The Kier molecular flexibility index (Phi) is 3.78. The summed E-state index contributed by atoms with van der Waals surface area (Å²) in [4.78, 5) is 12.6. The molecule has 1 N–H and O–H groups in total. The van der Waals surface area contributed by atoms with E-state index in [1.54, 1.807) is 0 Å². The maximum Gasteiger partial charge on any atom is 0.347 e. The molecule has 4 heterocycles. The highest BCUT2D eigenvalue weighted by molar-refractivity contribution is 5.86. The van der Waals surface area contributed by atoms with Crippen LogP contribution in [0.4, 0.5) is 0 Å². The van der Waals surface area contributed by atoms with Crippen LogP contribution < -0.4 is 15.7 Å². The topological polar surface area (TPSA) is 64.6 Å². The van der Waals surface area contributed by atoms with Gasteiger partial charge in [0.2, 0.25) is 0 Å². The number of nitrogens with one attached hydrogen (secondary N) is 1. The fraction of sp³-hybridized carbons (Fsp3) is 0.292. The van der Waals surface area contributed by atoms with Crippen molar-refractivity contribution in [3.05, 3.63) is 65.0 Å². The molecule has 0 radical (unpaired) electrons. The Bertz CT molecular complexity index is 1230. The van der Waals surface area contributed by atoms with Crippen LogP contribution >= 0.6 is 0 Å². The van der Waals surface area contributed by atoms with Gasteiger partial charge in [-0.05, 0) is 56.0 Å². The molecule has 0 unspecified atom stereocenters. The quantitative estimate of drug-likeness (QED) is 0.508. The molecule has 5 nitrogen and oxygen atoms in total. The third-order valence-electron chi connectivity index (χ3n) is 6.13. The molecule has 29 heavy (non-hydrogen) atoms. The number of hydrogen-bond donors (Lipinski definition) is 1. The Morgan fingerprint density at radius 1 is 0.862 bits per heavy atom. The van der Waals surface area contributed by atoms with Crippen LogP contribution in [0.15, 0.2) is 68.2 Å². The van der Waals surface area contributed by atoms with Crippen molar-refractivity contribution in [1.82, 2.24) is 5.32 Å². The van der Waals surface area contributed by atoms with Gasteiger partial charge in [0.25, 0.3) is 0 Å². The molecule has 0 amide bonds. The first-order chi connectivity index (χ1) is 14.2. The van der Waals surface area contributed by atoms with E-state index in [1.807, 2.05) is 54.6 Å². The minimum absolute atomic E-state index is 0.216. The summed E-state index contributed by atoms with van der Waals surface area (Å²) in [5.41, 5.74) is 1.30. The summed E-state index contributed by atoms with van der Waals surface area (Å²) in [5, 5.41) is 5.43. The van der Waals surface area contributed by atoms with Crippen LogP contribution in [0.1, 0.15) is 25.7 Å². The minimum Gasteiger partial charge on any atom is -0.490 e. The Balaban J connectivity index is 1.32. The Labute approximate surface area is 167 Å². The van der Waals surface area contributed by atoms with E-state index in [-0.39, 0.29) is 6.10 Å². The van der Waals surface area contributed by atoms with Crippen molar-refractivity contribution in [3.63, 3.8) is 0 Å². The SMILES string of the molecule is O=c1oc2cc(O[C@@H]3C[C@H]4CC[C@@H](C3)N4)ccc2cc1-c1cc2ccccc2o1. The van der Waals surface area contributed by atoms with Gasteiger partial charge in [-0.2, -0.15) is 0 Å². The maximum atomic E-state index is 12.6. The molecule has 3 atom stereocenters. The number of fused-ring (bicyclic) bond motifs is 4. The largest absolute Gasteiger partial charge is 0.490 e. The van der Waals surface area contributed by atoms with Crippen molar-refractivity contribution < 1.29 is 13.6 Å². The highest BCUT2D eigenvalue weighted by Gasteiger charge is 2.34. The van der Waals surface area contributed by atoms with Gasteiger partial charge in [0.1, 0.15) is 34.3 Å². The van der Waals surface area contributed by atoms with E-state index in [4.69, 9.17) is 13.6 Å². The van der Waals surface area contributed by atoms with Gasteiger partial charge >= 0.3 is 5.63 Å². The zero-order valence-electron chi connectivity index (χ0n) is 15.9. The van der Waals surface area contributed by atoms with E-state index in [0.717, 1.165) is 34.9 Å². The van der Waals surface area contributed by atoms with Crippen molar-refractivity contribution in [2.24, 2.45) is 0 Å². The number of rotatable bonds is 3. The maximum absolute atomic E-state index is 12.6. The molecule has 2 aromatic heterocycles. The van der Waals surface area contributed by atoms with E-state index in [1.165, 1.54) is 12.8 Å². The number of furan rings is 1. The van der Waals surface area contributed by atoms with Gasteiger partial charge in [0.05, 0.1) is 0 Å². The summed E-state index contributed by atoms with van der Waals surface area (Å²) in [5.74, 6) is 1.27. The van der Waals surface area contributed by atoms with E-state index in [0.29, 0.717) is 29.0 Å². The molecule has 2 aliphatic heterocycles. The average molecular weight is 387 g/mol. The van der Waals surface area contributed by atoms with Crippen LogP contribution in [-0.4, -0.2) is 18.2 Å². The molecular weight excluding hydrogens is 366 g/mol. The molecule has 0 saturated carbocycles. The molecule has 2 aromatic carbocycles. The van der Waals surface area contributed by atoms with Crippen molar-refractivity contribution in [1.29, 1.82) is 0 Å². The van der Waals surface area contributed by atoms with Crippen molar-refractivity contribution >= 4 is 21.9 Å². The van der Waals surface area contributed by atoms with Crippen LogP contribution in [0.3, 0.4) is 0 Å². The summed E-state index contributed by atoms with van der Waals surface area (Å²) in [6.07, 6.45) is 4.75. The lowest BCUT2D eigenvalue weighted by molar-refractivity contribution is 0.137. The Morgan fingerprint density at radius 3 is 2.48 bits per heavy atom. The van der Waals surface area contributed by atoms with E-state index >= 15 is 0 Å². The molecule has 6 rings (SSSR count). The lowest BCUT2D eigenvalue weighted by Crippen LogP contribution is -2.42. The number of piperidine rings is 1. The molecule has 2 bridgehead atoms. The van der Waals surface area contributed by atoms with Gasteiger partial charge in [0.15, 0.2) is 0 Å². The highest BCUT2D eigenvalue weighted by Crippen LogP contribution is 2.32. The standard InChI is InChI=1S/C24H21NO4/c26-24-20(23-10-14-3-1-2-4-21(14)28-23)9-15-5-8-18(13-22(15)29-24)27-19-11-16-6-7-17(12-19)25-16/h1-5,8-10,13,16-17,19,25H,6-7,11-12H2/t16-,17+,19-. The molecular formula is C24H21NO4. The van der Waals surface area contributed by atoms with Crippen molar-refractivity contribution in [2.75, 3.05) is 0 Å². The van der Waals surface area contributed by atoms with Gasteiger partial charge in [-0.1, -0.05) is 18.2 Å². The second kappa shape index (κ2) is 6.49. The summed E-state index contributed by atoms with van der Waals surface area (Å²) >= 11 is 0. The van der Waals surface area contributed by atoms with Crippen LogP contribution in [-0.2, 0) is 0 Å². The number of para-hydroxylation sites is 1. The Morgan fingerprint density at radius 2 is 1.66 bits per heavy atom. The molecule has 4 aromatic rings. The van der Waals surface area contributed by atoms with Crippen LogP contribution in [0.5, 0.6) is 5.75 Å². The predicted molar refractivity (Wildman–Crippen MR) is 111 cm³/mol. The predicted octanol–water partition coefficient (Wildman–Crippen LogP) is 4.87. The number of ether oxygens (including phenoxy) is 1. The number of hydrogen-bond acceptors (Lipinski definition) is 5. The summed E-state index contributed by atoms with van der Waals surface area (Å²) in [6.45, 7) is 0. The average Bonchev–Trinajstić information content (AvgIpc) is 3.30. The lowest BCUT2D eigenvalue weighted by atomic mass is 10.0. The Hall–Kier alpha value is -3.05. The highest BCUT2D eigenvalue weighted by atomic mass is 16.5. The molecule has 2 aliphatic rings. The second-order valence-electron chi connectivity index (χ2n) is 8.14. The first-order valence-electron chi connectivity index (χ1n) is 10.2. The van der Waals surface area contributed by atoms with Gasteiger partial charge in [-0.25, -0.2) is 4.79 Å². The molecule has 5 heteroatoms.